The van der Waals surface area contributed by atoms with Crippen LogP contribution in [0.1, 0.15) is 33.0 Å². The minimum atomic E-state index is 0.277. The van der Waals surface area contributed by atoms with Crippen LogP contribution in [0.5, 0.6) is 0 Å². The molecule has 5 heteroatoms. The molecule has 86 valence electrons. The lowest BCUT2D eigenvalue weighted by Crippen LogP contribution is -2.38. The van der Waals surface area contributed by atoms with Gasteiger partial charge in [-0.25, -0.2) is 4.98 Å². The van der Waals surface area contributed by atoms with Crippen molar-refractivity contribution in [3.8, 4) is 0 Å². The van der Waals surface area contributed by atoms with E-state index in [0.717, 1.165) is 25.2 Å². The topological polar surface area (TPSA) is 68.8 Å². The predicted octanol–water partition coefficient (Wildman–Crippen LogP) is 0.719. The molecule has 1 aromatic rings. The van der Waals surface area contributed by atoms with Crippen molar-refractivity contribution in [3.63, 3.8) is 0 Å². The Morgan fingerprint density at radius 1 is 1.53 bits per heavy atom. The van der Waals surface area contributed by atoms with Crippen LogP contribution in [-0.2, 0) is 13.0 Å². The first-order chi connectivity index (χ1) is 7.17. The first-order valence-electron chi connectivity index (χ1n) is 5.50. The molecule has 0 saturated carbocycles. The fourth-order valence-corrected chi connectivity index (χ4v) is 1.71. The fourth-order valence-electron chi connectivity index (χ4n) is 1.71. The molecule has 0 saturated heterocycles. The molecule has 0 amide bonds. The van der Waals surface area contributed by atoms with E-state index in [1.807, 2.05) is 4.68 Å². The molecule has 0 radical (unpaired) electrons. The zero-order valence-electron chi connectivity index (χ0n) is 9.77. The SMILES string of the molecule is CCn1ncnc1CC(CC(C)C)NN. The summed E-state index contributed by atoms with van der Waals surface area (Å²) in [4.78, 5) is 4.24. The van der Waals surface area contributed by atoms with Crippen LogP contribution in [0.3, 0.4) is 0 Å². The third-order valence-corrected chi connectivity index (χ3v) is 2.42. The Morgan fingerprint density at radius 2 is 2.27 bits per heavy atom. The van der Waals surface area contributed by atoms with E-state index in [0.29, 0.717) is 5.92 Å². The van der Waals surface area contributed by atoms with Gasteiger partial charge in [0.2, 0.25) is 0 Å². The molecule has 0 aliphatic heterocycles. The quantitative estimate of drug-likeness (QED) is 0.537. The molecule has 0 spiro atoms. The highest BCUT2D eigenvalue weighted by atomic mass is 15.3. The number of aromatic nitrogens is 3. The Balaban J connectivity index is 2.58. The van der Waals surface area contributed by atoms with Gasteiger partial charge in [-0.15, -0.1) is 0 Å². The third kappa shape index (κ3) is 3.60. The predicted molar refractivity (Wildman–Crippen MR) is 60.0 cm³/mol. The summed E-state index contributed by atoms with van der Waals surface area (Å²) in [7, 11) is 0. The first kappa shape index (κ1) is 12.1. The number of nitrogens with two attached hydrogens (primary N) is 1. The van der Waals surface area contributed by atoms with Crippen LogP contribution in [0.4, 0.5) is 0 Å². The van der Waals surface area contributed by atoms with Crippen LogP contribution in [0.2, 0.25) is 0 Å². The molecule has 0 aromatic carbocycles. The van der Waals surface area contributed by atoms with Gasteiger partial charge < -0.3 is 0 Å². The second-order valence-corrected chi connectivity index (χ2v) is 4.19. The highest BCUT2D eigenvalue weighted by Gasteiger charge is 2.13. The third-order valence-electron chi connectivity index (χ3n) is 2.42. The number of aryl methyl sites for hydroxylation is 1. The Bertz CT molecular complexity index is 281. The minimum absolute atomic E-state index is 0.277. The van der Waals surface area contributed by atoms with Crippen LogP contribution in [0.25, 0.3) is 0 Å². The van der Waals surface area contributed by atoms with Crippen molar-refractivity contribution in [2.24, 2.45) is 11.8 Å². The lowest BCUT2D eigenvalue weighted by molar-refractivity contribution is 0.410. The molecule has 0 fully saturated rings. The van der Waals surface area contributed by atoms with E-state index in [1.165, 1.54) is 0 Å². The molecule has 0 aliphatic carbocycles. The number of nitrogens with one attached hydrogen (secondary N) is 1. The summed E-state index contributed by atoms with van der Waals surface area (Å²) in [6.07, 6.45) is 3.48. The van der Waals surface area contributed by atoms with Gasteiger partial charge in [-0.3, -0.25) is 16.0 Å². The van der Waals surface area contributed by atoms with Crippen LogP contribution in [0.15, 0.2) is 6.33 Å². The van der Waals surface area contributed by atoms with Crippen molar-refractivity contribution in [1.82, 2.24) is 20.2 Å². The van der Waals surface area contributed by atoms with E-state index in [-0.39, 0.29) is 6.04 Å². The van der Waals surface area contributed by atoms with E-state index in [1.54, 1.807) is 6.33 Å². The van der Waals surface area contributed by atoms with Crippen LogP contribution in [-0.4, -0.2) is 20.8 Å². The normalized spacial score (nSPS) is 13.4. The number of rotatable bonds is 6. The average molecular weight is 211 g/mol. The summed E-state index contributed by atoms with van der Waals surface area (Å²) in [5.74, 6) is 7.15. The maximum atomic E-state index is 5.52. The zero-order valence-corrected chi connectivity index (χ0v) is 9.77. The summed E-state index contributed by atoms with van der Waals surface area (Å²) in [6, 6.07) is 0.277. The van der Waals surface area contributed by atoms with Crippen LogP contribution < -0.4 is 11.3 Å². The Kier molecular flexibility index (Phi) is 4.71. The molecule has 0 aliphatic rings. The van der Waals surface area contributed by atoms with Gasteiger partial charge in [-0.05, 0) is 19.3 Å². The molecule has 1 aromatic heterocycles. The summed E-state index contributed by atoms with van der Waals surface area (Å²) in [6.45, 7) is 7.30. The molecule has 1 rings (SSSR count). The summed E-state index contributed by atoms with van der Waals surface area (Å²) >= 11 is 0. The number of nitrogens with zero attached hydrogens (tertiary/aromatic N) is 3. The monoisotopic (exact) mass is 211 g/mol. The molecule has 5 nitrogen and oxygen atoms in total. The van der Waals surface area contributed by atoms with Crippen LogP contribution in [0, 0.1) is 5.92 Å². The van der Waals surface area contributed by atoms with Gasteiger partial charge in [0, 0.05) is 19.0 Å². The number of hydrazine groups is 1. The Labute approximate surface area is 91.0 Å². The van der Waals surface area contributed by atoms with E-state index in [9.17, 15) is 0 Å². The number of hydrogen-bond donors (Lipinski definition) is 2. The molecular formula is C10H21N5. The summed E-state index contributed by atoms with van der Waals surface area (Å²) < 4.78 is 1.91. The molecule has 1 heterocycles. The van der Waals surface area contributed by atoms with Gasteiger partial charge in [-0.2, -0.15) is 5.10 Å². The fraction of sp³-hybridized carbons (Fsp3) is 0.800. The second kappa shape index (κ2) is 5.82. The van der Waals surface area contributed by atoms with Crippen LogP contribution >= 0.6 is 0 Å². The Morgan fingerprint density at radius 3 is 2.80 bits per heavy atom. The summed E-state index contributed by atoms with van der Waals surface area (Å²) in [5, 5.41) is 4.14. The minimum Gasteiger partial charge on any atom is -0.271 e. The maximum Gasteiger partial charge on any atom is 0.138 e. The smallest absolute Gasteiger partial charge is 0.138 e. The standard InChI is InChI=1S/C10H21N5/c1-4-15-10(12-7-13-15)6-9(14-11)5-8(2)3/h7-9,14H,4-6,11H2,1-3H3. The highest BCUT2D eigenvalue weighted by molar-refractivity contribution is 4.89. The van der Waals surface area contributed by atoms with E-state index < -0.39 is 0 Å². The number of hydrogen-bond acceptors (Lipinski definition) is 4. The van der Waals surface area contributed by atoms with Crippen molar-refractivity contribution in [1.29, 1.82) is 0 Å². The van der Waals surface area contributed by atoms with Crippen molar-refractivity contribution in [3.05, 3.63) is 12.2 Å². The van der Waals surface area contributed by atoms with Gasteiger partial charge >= 0.3 is 0 Å². The average Bonchev–Trinajstić information content (AvgIpc) is 2.63. The van der Waals surface area contributed by atoms with Gasteiger partial charge in [-0.1, -0.05) is 13.8 Å². The molecule has 0 bridgehead atoms. The largest absolute Gasteiger partial charge is 0.271 e. The van der Waals surface area contributed by atoms with E-state index in [2.05, 4.69) is 36.3 Å². The molecule has 3 N–H and O–H groups in total. The molecule has 1 atom stereocenters. The van der Waals surface area contributed by atoms with Gasteiger partial charge in [0.15, 0.2) is 0 Å². The molecular weight excluding hydrogens is 190 g/mol. The van der Waals surface area contributed by atoms with Crippen molar-refractivity contribution < 1.29 is 0 Å². The second-order valence-electron chi connectivity index (χ2n) is 4.19. The summed E-state index contributed by atoms with van der Waals surface area (Å²) in [5.41, 5.74) is 2.84. The van der Waals surface area contributed by atoms with Gasteiger partial charge in [0.05, 0.1) is 0 Å². The lowest BCUT2D eigenvalue weighted by atomic mass is 10.0. The van der Waals surface area contributed by atoms with E-state index in [4.69, 9.17) is 5.84 Å². The maximum absolute atomic E-state index is 5.52. The van der Waals surface area contributed by atoms with E-state index >= 15 is 0 Å². The lowest BCUT2D eigenvalue weighted by Gasteiger charge is -2.17. The Hall–Kier alpha value is -0.940. The van der Waals surface area contributed by atoms with Gasteiger partial charge in [0.25, 0.3) is 0 Å². The van der Waals surface area contributed by atoms with Crippen molar-refractivity contribution in [2.75, 3.05) is 0 Å². The van der Waals surface area contributed by atoms with Crippen molar-refractivity contribution in [2.45, 2.75) is 46.2 Å². The molecule has 15 heavy (non-hydrogen) atoms. The van der Waals surface area contributed by atoms with Crippen molar-refractivity contribution >= 4 is 0 Å². The first-order valence-corrected chi connectivity index (χ1v) is 5.50. The highest BCUT2D eigenvalue weighted by Crippen LogP contribution is 2.08. The van der Waals surface area contributed by atoms with Gasteiger partial charge in [0.1, 0.15) is 12.2 Å². The zero-order chi connectivity index (χ0) is 11.3. The molecule has 1 unspecified atom stereocenters.